The summed E-state index contributed by atoms with van der Waals surface area (Å²) in [5.74, 6) is 0.115. The smallest absolute Gasteiger partial charge is 0.227 e. The fraction of sp³-hybridized carbons (Fsp3) is 0.214. The van der Waals surface area contributed by atoms with Crippen molar-refractivity contribution in [3.05, 3.63) is 60.2 Å². The van der Waals surface area contributed by atoms with Crippen molar-refractivity contribution >= 4 is 5.78 Å². The standard InChI is InChI=1S/C14H15N2O/c1-2-13-10-16(9-8-15-13)11-14(17)12-6-4-3-5-7-12/h3-10H,2,11H2,1H3/q+1. The fourth-order valence-electron chi connectivity index (χ4n) is 1.64. The molecule has 0 bridgehead atoms. The van der Waals surface area contributed by atoms with Gasteiger partial charge in [-0.05, 0) is 6.42 Å². The van der Waals surface area contributed by atoms with Crippen molar-refractivity contribution in [2.45, 2.75) is 19.9 Å². The first-order chi connectivity index (χ1) is 8.29. The minimum Gasteiger partial charge on any atom is -0.287 e. The van der Waals surface area contributed by atoms with Crippen LogP contribution in [0.25, 0.3) is 0 Å². The molecule has 1 aromatic carbocycles. The van der Waals surface area contributed by atoms with Crippen molar-refractivity contribution < 1.29 is 9.36 Å². The van der Waals surface area contributed by atoms with E-state index < -0.39 is 0 Å². The Bertz CT molecular complexity index is 509. The lowest BCUT2D eigenvalue weighted by atomic mass is 10.1. The lowest BCUT2D eigenvalue weighted by Gasteiger charge is -1.98. The SMILES string of the molecule is CCc1c[n+](CC(=O)c2ccccc2)ccn1. The normalized spacial score (nSPS) is 10.2. The molecular formula is C14H15N2O+. The molecule has 0 fully saturated rings. The number of ketones is 1. The highest BCUT2D eigenvalue weighted by molar-refractivity contribution is 5.94. The summed E-state index contributed by atoms with van der Waals surface area (Å²) in [6.07, 6.45) is 6.35. The number of nitrogens with zero attached hydrogens (tertiary/aromatic N) is 2. The number of aromatic nitrogens is 2. The highest BCUT2D eigenvalue weighted by Crippen LogP contribution is 1.99. The van der Waals surface area contributed by atoms with Crippen molar-refractivity contribution in [1.82, 2.24) is 4.98 Å². The molecule has 0 N–H and O–H groups in total. The van der Waals surface area contributed by atoms with E-state index in [-0.39, 0.29) is 5.78 Å². The predicted octanol–water partition coefficient (Wildman–Crippen LogP) is 1.81. The molecule has 86 valence electrons. The monoisotopic (exact) mass is 227 g/mol. The van der Waals surface area contributed by atoms with Gasteiger partial charge >= 0.3 is 0 Å². The van der Waals surface area contributed by atoms with Gasteiger partial charge in [0, 0.05) is 5.56 Å². The van der Waals surface area contributed by atoms with Crippen LogP contribution in [0.5, 0.6) is 0 Å². The summed E-state index contributed by atoms with van der Waals surface area (Å²) in [4.78, 5) is 16.2. The molecule has 0 spiro atoms. The molecule has 0 amide bonds. The maximum Gasteiger partial charge on any atom is 0.227 e. The number of carbonyl (C=O) groups is 1. The van der Waals surface area contributed by atoms with Crippen LogP contribution in [0.15, 0.2) is 48.9 Å². The Labute approximate surface area is 101 Å². The van der Waals surface area contributed by atoms with E-state index in [1.807, 2.05) is 54.2 Å². The summed E-state index contributed by atoms with van der Waals surface area (Å²) in [5, 5.41) is 0. The van der Waals surface area contributed by atoms with E-state index in [1.54, 1.807) is 6.20 Å². The van der Waals surface area contributed by atoms with Crippen molar-refractivity contribution in [2.75, 3.05) is 0 Å². The zero-order chi connectivity index (χ0) is 12.1. The molecule has 1 aromatic heterocycles. The van der Waals surface area contributed by atoms with Gasteiger partial charge in [0.05, 0.1) is 6.20 Å². The molecule has 0 saturated heterocycles. The zero-order valence-electron chi connectivity index (χ0n) is 9.84. The molecule has 17 heavy (non-hydrogen) atoms. The Morgan fingerprint density at radius 3 is 2.76 bits per heavy atom. The summed E-state index contributed by atoms with van der Waals surface area (Å²) < 4.78 is 1.88. The van der Waals surface area contributed by atoms with Gasteiger partial charge in [-0.15, -0.1) is 0 Å². The summed E-state index contributed by atoms with van der Waals surface area (Å²) in [7, 11) is 0. The maximum absolute atomic E-state index is 12.0. The topological polar surface area (TPSA) is 33.8 Å². The van der Waals surface area contributed by atoms with Crippen LogP contribution >= 0.6 is 0 Å². The zero-order valence-corrected chi connectivity index (χ0v) is 9.84. The number of aryl methyl sites for hydroxylation is 1. The second kappa shape index (κ2) is 5.34. The number of Topliss-reactive ketones (excluding diaryl/α,β-unsaturated/α-hetero) is 1. The van der Waals surface area contributed by atoms with Gasteiger partial charge in [0.2, 0.25) is 12.3 Å². The van der Waals surface area contributed by atoms with Crippen LogP contribution in [0.1, 0.15) is 23.0 Å². The maximum atomic E-state index is 12.0. The van der Waals surface area contributed by atoms with Crippen molar-refractivity contribution in [3.8, 4) is 0 Å². The molecule has 2 rings (SSSR count). The van der Waals surface area contributed by atoms with E-state index in [2.05, 4.69) is 4.98 Å². The molecule has 3 nitrogen and oxygen atoms in total. The quantitative estimate of drug-likeness (QED) is 0.589. The van der Waals surface area contributed by atoms with Gasteiger partial charge in [-0.1, -0.05) is 37.3 Å². The first-order valence-corrected chi connectivity index (χ1v) is 5.72. The minimum absolute atomic E-state index is 0.115. The third kappa shape index (κ3) is 2.97. The van der Waals surface area contributed by atoms with Crippen LogP contribution in [0.2, 0.25) is 0 Å². The molecule has 0 aliphatic heterocycles. The third-order valence-corrected chi connectivity index (χ3v) is 2.60. The van der Waals surface area contributed by atoms with E-state index in [0.29, 0.717) is 6.54 Å². The first-order valence-electron chi connectivity index (χ1n) is 5.72. The van der Waals surface area contributed by atoms with E-state index in [9.17, 15) is 4.79 Å². The number of rotatable bonds is 4. The number of hydrogen-bond acceptors (Lipinski definition) is 2. The molecule has 0 saturated carbocycles. The summed E-state index contributed by atoms with van der Waals surface area (Å²) in [5.41, 5.74) is 1.74. The van der Waals surface area contributed by atoms with Crippen LogP contribution in [-0.2, 0) is 13.0 Å². The van der Waals surface area contributed by atoms with E-state index >= 15 is 0 Å². The predicted molar refractivity (Wildman–Crippen MR) is 64.6 cm³/mol. The molecule has 1 heterocycles. The summed E-state index contributed by atoms with van der Waals surface area (Å²) >= 11 is 0. The Morgan fingerprint density at radius 1 is 1.29 bits per heavy atom. The van der Waals surface area contributed by atoms with Crippen LogP contribution < -0.4 is 4.57 Å². The van der Waals surface area contributed by atoms with Gasteiger partial charge in [0.1, 0.15) is 5.69 Å². The Morgan fingerprint density at radius 2 is 2.06 bits per heavy atom. The number of carbonyl (C=O) groups excluding carboxylic acids is 1. The highest BCUT2D eigenvalue weighted by atomic mass is 16.1. The average molecular weight is 227 g/mol. The second-order valence-electron chi connectivity index (χ2n) is 3.86. The van der Waals surface area contributed by atoms with E-state index in [1.165, 1.54) is 0 Å². The summed E-state index contributed by atoms with van der Waals surface area (Å²) in [6, 6.07) is 9.34. The largest absolute Gasteiger partial charge is 0.287 e. The van der Waals surface area contributed by atoms with Gasteiger partial charge in [-0.25, -0.2) is 4.98 Å². The van der Waals surface area contributed by atoms with Gasteiger partial charge in [-0.3, -0.25) is 4.79 Å². The molecular weight excluding hydrogens is 212 g/mol. The minimum atomic E-state index is 0.115. The molecule has 0 aliphatic rings. The van der Waals surface area contributed by atoms with Crippen molar-refractivity contribution in [3.63, 3.8) is 0 Å². The van der Waals surface area contributed by atoms with Crippen molar-refractivity contribution in [1.29, 1.82) is 0 Å². The molecule has 0 atom stereocenters. The van der Waals surface area contributed by atoms with Gasteiger partial charge in [0.15, 0.2) is 12.4 Å². The molecule has 0 radical (unpaired) electrons. The first kappa shape index (κ1) is 11.5. The molecule has 0 aliphatic carbocycles. The number of benzene rings is 1. The van der Waals surface area contributed by atoms with Crippen LogP contribution in [-0.4, -0.2) is 10.8 Å². The van der Waals surface area contributed by atoms with E-state index in [0.717, 1.165) is 17.7 Å². The summed E-state index contributed by atoms with van der Waals surface area (Å²) in [6.45, 7) is 2.41. The average Bonchev–Trinajstić information content (AvgIpc) is 2.40. The molecule has 0 unspecified atom stereocenters. The lowest BCUT2D eigenvalue weighted by molar-refractivity contribution is -0.684. The Kier molecular flexibility index (Phi) is 3.60. The molecule has 2 aromatic rings. The van der Waals surface area contributed by atoms with Crippen LogP contribution in [0.4, 0.5) is 0 Å². The highest BCUT2D eigenvalue weighted by Gasteiger charge is 2.11. The fourth-order valence-corrected chi connectivity index (χ4v) is 1.64. The van der Waals surface area contributed by atoms with Crippen molar-refractivity contribution in [2.24, 2.45) is 0 Å². The molecule has 3 heteroatoms. The van der Waals surface area contributed by atoms with Crippen LogP contribution in [0, 0.1) is 0 Å². The second-order valence-corrected chi connectivity index (χ2v) is 3.86. The third-order valence-electron chi connectivity index (χ3n) is 2.60. The van der Waals surface area contributed by atoms with Gasteiger partial charge in [0.25, 0.3) is 0 Å². The lowest BCUT2D eigenvalue weighted by Crippen LogP contribution is -2.38. The van der Waals surface area contributed by atoms with Crippen LogP contribution in [0.3, 0.4) is 0 Å². The van der Waals surface area contributed by atoms with Gasteiger partial charge in [-0.2, -0.15) is 4.57 Å². The Balaban J connectivity index is 2.13. The number of hydrogen-bond donors (Lipinski definition) is 0. The Hall–Kier alpha value is -2.03. The van der Waals surface area contributed by atoms with E-state index in [4.69, 9.17) is 0 Å². The van der Waals surface area contributed by atoms with Gasteiger partial charge < -0.3 is 0 Å².